The van der Waals surface area contributed by atoms with Crippen LogP contribution in [0.25, 0.3) is 11.4 Å². The molecule has 3 heteroatoms. The maximum atomic E-state index is 4.53. The molecular formula is C17H12BrN2. The van der Waals surface area contributed by atoms with E-state index in [0.29, 0.717) is 0 Å². The van der Waals surface area contributed by atoms with E-state index in [1.807, 2.05) is 18.5 Å². The number of fused-ring (bicyclic) bond motifs is 3. The summed E-state index contributed by atoms with van der Waals surface area (Å²) in [7, 11) is 0. The number of hydrogen-bond donors (Lipinski definition) is 0. The standard InChI is InChI=1S/C17H12BrN2/c1-17(12-6-8-13(18)9-7-12)15-5-3-2-4-14(15)16-19-10-11-20(16)17/h2-11H,1H2. The summed E-state index contributed by atoms with van der Waals surface area (Å²) < 4.78 is 3.22. The lowest BCUT2D eigenvalue weighted by atomic mass is 9.84. The number of nitrogens with zero attached hydrogens (tertiary/aromatic N) is 2. The van der Waals surface area contributed by atoms with Crippen molar-refractivity contribution in [2.45, 2.75) is 5.54 Å². The zero-order valence-corrected chi connectivity index (χ0v) is 12.3. The Kier molecular flexibility index (Phi) is 2.42. The molecule has 0 amide bonds. The molecule has 1 atom stereocenters. The van der Waals surface area contributed by atoms with Crippen LogP contribution in [-0.4, -0.2) is 9.55 Å². The van der Waals surface area contributed by atoms with Gasteiger partial charge in [0.05, 0.1) is 5.54 Å². The quantitative estimate of drug-likeness (QED) is 0.654. The van der Waals surface area contributed by atoms with E-state index < -0.39 is 5.54 Å². The van der Waals surface area contributed by atoms with E-state index >= 15 is 0 Å². The summed E-state index contributed by atoms with van der Waals surface area (Å²) in [5.74, 6) is 0.985. The first-order chi connectivity index (χ1) is 9.71. The molecule has 2 nitrogen and oxygen atoms in total. The zero-order chi connectivity index (χ0) is 13.7. The number of hydrogen-bond acceptors (Lipinski definition) is 1. The lowest BCUT2D eigenvalue weighted by Gasteiger charge is -2.28. The van der Waals surface area contributed by atoms with Crippen LogP contribution in [0.3, 0.4) is 0 Å². The van der Waals surface area contributed by atoms with Crippen LogP contribution in [0.2, 0.25) is 0 Å². The zero-order valence-electron chi connectivity index (χ0n) is 10.8. The Balaban J connectivity index is 2.04. The molecule has 0 saturated heterocycles. The molecule has 0 aliphatic carbocycles. The monoisotopic (exact) mass is 323 g/mol. The van der Waals surface area contributed by atoms with Crippen molar-refractivity contribution in [3.05, 3.63) is 83.4 Å². The molecule has 4 rings (SSSR count). The fourth-order valence-electron chi connectivity index (χ4n) is 3.00. The highest BCUT2D eigenvalue weighted by Crippen LogP contribution is 2.46. The van der Waals surface area contributed by atoms with E-state index in [4.69, 9.17) is 0 Å². The third-order valence-electron chi connectivity index (χ3n) is 3.99. The van der Waals surface area contributed by atoms with Gasteiger partial charge in [0.2, 0.25) is 0 Å². The normalized spacial score (nSPS) is 19.7. The van der Waals surface area contributed by atoms with Gasteiger partial charge in [0, 0.05) is 22.4 Å². The molecule has 1 aliphatic heterocycles. The molecule has 0 N–H and O–H groups in total. The van der Waals surface area contributed by atoms with Crippen LogP contribution in [0, 0.1) is 6.92 Å². The highest BCUT2D eigenvalue weighted by atomic mass is 79.9. The summed E-state index contributed by atoms with van der Waals surface area (Å²) in [4.78, 5) is 4.49. The molecule has 2 aromatic carbocycles. The fraction of sp³-hybridized carbons (Fsp3) is 0.0588. The van der Waals surface area contributed by atoms with E-state index in [-0.39, 0.29) is 0 Å². The smallest absolute Gasteiger partial charge is 0.141 e. The number of benzene rings is 2. The van der Waals surface area contributed by atoms with Crippen LogP contribution in [0.15, 0.2) is 65.4 Å². The number of imidazole rings is 1. The van der Waals surface area contributed by atoms with Crippen molar-refractivity contribution >= 4 is 15.9 Å². The van der Waals surface area contributed by atoms with Crippen LogP contribution in [0.1, 0.15) is 11.1 Å². The van der Waals surface area contributed by atoms with Gasteiger partial charge in [-0.2, -0.15) is 0 Å². The van der Waals surface area contributed by atoms with Gasteiger partial charge < -0.3 is 4.57 Å². The summed E-state index contributed by atoms with van der Waals surface area (Å²) in [5, 5.41) is 0. The largest absolute Gasteiger partial charge is 0.317 e. The van der Waals surface area contributed by atoms with E-state index in [0.717, 1.165) is 21.4 Å². The molecule has 20 heavy (non-hydrogen) atoms. The predicted octanol–water partition coefficient (Wildman–Crippen LogP) is 4.25. The van der Waals surface area contributed by atoms with Gasteiger partial charge in [0.15, 0.2) is 0 Å². The van der Waals surface area contributed by atoms with Crippen molar-refractivity contribution in [1.82, 2.24) is 9.55 Å². The van der Waals surface area contributed by atoms with Crippen LogP contribution in [0.5, 0.6) is 0 Å². The first-order valence-electron chi connectivity index (χ1n) is 6.46. The van der Waals surface area contributed by atoms with Gasteiger partial charge in [0.25, 0.3) is 0 Å². The van der Waals surface area contributed by atoms with Crippen molar-refractivity contribution in [2.24, 2.45) is 0 Å². The molecule has 0 saturated carbocycles. The Hall–Kier alpha value is -1.87. The van der Waals surface area contributed by atoms with Crippen molar-refractivity contribution in [3.63, 3.8) is 0 Å². The summed E-state index contributed by atoms with van der Waals surface area (Å²) in [6, 6.07) is 16.7. The second kappa shape index (κ2) is 4.06. The van der Waals surface area contributed by atoms with Gasteiger partial charge in [-0.1, -0.05) is 52.3 Å². The van der Waals surface area contributed by atoms with E-state index in [9.17, 15) is 0 Å². The fourth-order valence-corrected chi connectivity index (χ4v) is 3.26. The average molecular weight is 324 g/mol. The summed E-state index contributed by atoms with van der Waals surface area (Å²) >= 11 is 3.49. The molecule has 3 aromatic rings. The molecular weight excluding hydrogens is 312 g/mol. The minimum atomic E-state index is -0.441. The highest BCUT2D eigenvalue weighted by Gasteiger charge is 2.40. The van der Waals surface area contributed by atoms with E-state index in [1.165, 1.54) is 5.56 Å². The number of aromatic nitrogens is 2. The van der Waals surface area contributed by atoms with Crippen molar-refractivity contribution < 1.29 is 0 Å². The molecule has 0 spiro atoms. The maximum absolute atomic E-state index is 4.53. The van der Waals surface area contributed by atoms with E-state index in [2.05, 4.69) is 74.9 Å². The van der Waals surface area contributed by atoms with Crippen LogP contribution in [0.4, 0.5) is 0 Å². The topological polar surface area (TPSA) is 17.8 Å². The summed E-state index contributed by atoms with van der Waals surface area (Å²) in [6.07, 6.45) is 3.84. The van der Waals surface area contributed by atoms with Gasteiger partial charge >= 0.3 is 0 Å². The highest BCUT2D eigenvalue weighted by molar-refractivity contribution is 9.10. The molecule has 1 aromatic heterocycles. The number of halogens is 1. The molecule has 1 unspecified atom stereocenters. The van der Waals surface area contributed by atoms with Gasteiger partial charge in [-0.3, -0.25) is 0 Å². The van der Waals surface area contributed by atoms with Gasteiger partial charge in [0.1, 0.15) is 5.82 Å². The second-order valence-corrected chi connectivity index (χ2v) is 5.95. The third kappa shape index (κ3) is 1.41. The Bertz CT molecular complexity index is 789. The lowest BCUT2D eigenvalue weighted by molar-refractivity contribution is 0.561. The molecule has 2 heterocycles. The summed E-state index contributed by atoms with van der Waals surface area (Å²) in [6.45, 7) is 4.53. The minimum absolute atomic E-state index is 0.441. The Morgan fingerprint density at radius 3 is 2.60 bits per heavy atom. The number of rotatable bonds is 1. The Labute approximate surface area is 126 Å². The maximum Gasteiger partial charge on any atom is 0.141 e. The average Bonchev–Trinajstić information content (AvgIpc) is 3.04. The van der Waals surface area contributed by atoms with Crippen LogP contribution < -0.4 is 0 Å². The minimum Gasteiger partial charge on any atom is -0.317 e. The van der Waals surface area contributed by atoms with Crippen molar-refractivity contribution in [1.29, 1.82) is 0 Å². The lowest BCUT2D eigenvalue weighted by Crippen LogP contribution is -2.29. The first kappa shape index (κ1) is 11.9. The van der Waals surface area contributed by atoms with E-state index in [1.54, 1.807) is 0 Å². The van der Waals surface area contributed by atoms with Crippen molar-refractivity contribution in [3.8, 4) is 11.4 Å². The Morgan fingerprint density at radius 2 is 1.80 bits per heavy atom. The molecule has 1 radical (unpaired) electrons. The molecule has 97 valence electrons. The molecule has 0 fully saturated rings. The first-order valence-corrected chi connectivity index (χ1v) is 7.25. The molecule has 0 bridgehead atoms. The SMILES string of the molecule is [CH2]C1(c2ccc(Br)cc2)c2ccccc2-c2nccn21. The van der Waals surface area contributed by atoms with Crippen molar-refractivity contribution in [2.75, 3.05) is 0 Å². The second-order valence-electron chi connectivity index (χ2n) is 5.03. The van der Waals surface area contributed by atoms with Crippen LogP contribution in [-0.2, 0) is 5.54 Å². The van der Waals surface area contributed by atoms with Crippen LogP contribution >= 0.6 is 15.9 Å². The van der Waals surface area contributed by atoms with Gasteiger partial charge in [-0.05, 0) is 30.2 Å². The van der Waals surface area contributed by atoms with Gasteiger partial charge in [-0.25, -0.2) is 4.98 Å². The predicted molar refractivity (Wildman–Crippen MR) is 83.3 cm³/mol. The summed E-state index contributed by atoms with van der Waals surface area (Å²) in [5.41, 5.74) is 3.08. The third-order valence-corrected chi connectivity index (χ3v) is 4.52. The van der Waals surface area contributed by atoms with Gasteiger partial charge in [-0.15, -0.1) is 0 Å². The Morgan fingerprint density at radius 1 is 1.05 bits per heavy atom. The molecule has 1 aliphatic rings.